The predicted octanol–water partition coefficient (Wildman–Crippen LogP) is 3.42. The molecule has 11 heteroatoms. The molecule has 33 heavy (non-hydrogen) atoms. The van der Waals surface area contributed by atoms with E-state index in [1.54, 1.807) is 29.9 Å². The van der Waals surface area contributed by atoms with Crippen molar-refractivity contribution in [3.63, 3.8) is 0 Å². The van der Waals surface area contributed by atoms with E-state index >= 15 is 0 Å². The number of ether oxygens (including phenoxy) is 2. The van der Waals surface area contributed by atoms with E-state index in [4.69, 9.17) is 14.6 Å². The lowest BCUT2D eigenvalue weighted by molar-refractivity contribution is -0.113. The Labute approximate surface area is 194 Å². The number of amides is 1. The number of rotatable bonds is 5. The van der Waals surface area contributed by atoms with E-state index in [9.17, 15) is 4.79 Å². The average molecular weight is 466 g/mol. The zero-order valence-corrected chi connectivity index (χ0v) is 19.4. The molecule has 2 N–H and O–H groups in total. The van der Waals surface area contributed by atoms with Crippen LogP contribution >= 0.6 is 11.8 Å². The van der Waals surface area contributed by atoms with Crippen LogP contribution in [0.1, 0.15) is 35.9 Å². The Morgan fingerprint density at radius 3 is 2.85 bits per heavy atom. The van der Waals surface area contributed by atoms with E-state index in [2.05, 4.69) is 25.3 Å². The SMILES string of the molecule is COc1cc([C@H]2SCC(=O)Nc3c2c(C)nn3-c2ncnc3nc[nH]c23)ccc1OC(C)C. The van der Waals surface area contributed by atoms with Crippen molar-refractivity contribution < 1.29 is 14.3 Å². The Hall–Kier alpha value is -3.60. The van der Waals surface area contributed by atoms with Crippen LogP contribution in [0.2, 0.25) is 0 Å². The number of nitrogens with zero attached hydrogens (tertiary/aromatic N) is 5. The zero-order valence-electron chi connectivity index (χ0n) is 18.6. The number of H-pyrrole nitrogens is 1. The lowest BCUT2D eigenvalue weighted by Crippen LogP contribution is -2.16. The molecule has 1 aliphatic rings. The minimum atomic E-state index is -0.145. The molecular formula is C22H23N7O3S. The van der Waals surface area contributed by atoms with Gasteiger partial charge in [-0.15, -0.1) is 11.8 Å². The Kier molecular flexibility index (Phi) is 5.41. The van der Waals surface area contributed by atoms with Gasteiger partial charge in [-0.2, -0.15) is 9.78 Å². The van der Waals surface area contributed by atoms with Crippen molar-refractivity contribution in [3.8, 4) is 17.3 Å². The van der Waals surface area contributed by atoms with Crippen molar-refractivity contribution in [2.45, 2.75) is 32.1 Å². The van der Waals surface area contributed by atoms with Crippen molar-refractivity contribution in [2.24, 2.45) is 0 Å². The second-order valence-electron chi connectivity index (χ2n) is 7.87. The van der Waals surface area contributed by atoms with Crippen LogP contribution in [0, 0.1) is 6.92 Å². The number of anilines is 1. The average Bonchev–Trinajstić information content (AvgIpc) is 3.34. The summed E-state index contributed by atoms with van der Waals surface area (Å²) in [5, 5.41) is 7.62. The summed E-state index contributed by atoms with van der Waals surface area (Å²) in [6, 6.07) is 5.88. The van der Waals surface area contributed by atoms with Crippen LogP contribution in [-0.4, -0.2) is 54.6 Å². The second kappa shape index (κ2) is 8.39. The third-order valence-electron chi connectivity index (χ3n) is 5.26. The maximum absolute atomic E-state index is 12.7. The molecule has 0 spiro atoms. The fraction of sp³-hybridized carbons (Fsp3) is 0.318. The van der Waals surface area contributed by atoms with Gasteiger partial charge in [0.2, 0.25) is 5.91 Å². The van der Waals surface area contributed by atoms with Crippen LogP contribution in [-0.2, 0) is 4.79 Å². The van der Waals surface area contributed by atoms with Crippen molar-refractivity contribution >= 4 is 34.7 Å². The van der Waals surface area contributed by atoms with Gasteiger partial charge in [0.25, 0.3) is 0 Å². The third-order valence-corrected chi connectivity index (χ3v) is 6.53. The van der Waals surface area contributed by atoms with Crippen molar-refractivity contribution in [1.82, 2.24) is 29.7 Å². The molecule has 0 saturated heterocycles. The highest BCUT2D eigenvalue weighted by atomic mass is 32.2. The molecule has 1 amide bonds. The van der Waals surface area contributed by atoms with E-state index < -0.39 is 0 Å². The number of hydrogen-bond donors (Lipinski definition) is 2. The van der Waals surface area contributed by atoms with Gasteiger partial charge in [-0.05, 0) is 38.5 Å². The summed E-state index contributed by atoms with van der Waals surface area (Å²) in [6.45, 7) is 5.87. The molecule has 4 aromatic rings. The molecule has 3 aromatic heterocycles. The van der Waals surface area contributed by atoms with Crippen LogP contribution in [0.5, 0.6) is 11.5 Å². The van der Waals surface area contributed by atoms with Crippen molar-refractivity contribution in [3.05, 3.63) is 47.7 Å². The molecule has 5 rings (SSSR count). The lowest BCUT2D eigenvalue weighted by atomic mass is 10.0. The van der Waals surface area contributed by atoms with Gasteiger partial charge < -0.3 is 19.8 Å². The maximum Gasteiger partial charge on any atom is 0.235 e. The number of methoxy groups -OCH3 is 1. The van der Waals surface area contributed by atoms with Gasteiger partial charge in [-0.3, -0.25) is 4.79 Å². The largest absolute Gasteiger partial charge is 0.493 e. The minimum Gasteiger partial charge on any atom is -0.493 e. The Morgan fingerprint density at radius 2 is 2.06 bits per heavy atom. The number of fused-ring (bicyclic) bond motifs is 2. The first-order valence-corrected chi connectivity index (χ1v) is 11.5. The number of hydrogen-bond acceptors (Lipinski definition) is 8. The van der Waals surface area contributed by atoms with E-state index in [1.807, 2.05) is 39.0 Å². The molecule has 0 radical (unpaired) electrons. The third kappa shape index (κ3) is 3.78. The highest BCUT2D eigenvalue weighted by Gasteiger charge is 2.32. The predicted molar refractivity (Wildman–Crippen MR) is 125 cm³/mol. The first-order chi connectivity index (χ1) is 16.0. The molecule has 1 atom stereocenters. The number of carbonyl (C=O) groups is 1. The number of nitrogens with one attached hydrogen (secondary N) is 2. The summed E-state index contributed by atoms with van der Waals surface area (Å²) >= 11 is 1.54. The van der Waals surface area contributed by atoms with Gasteiger partial charge in [-0.1, -0.05) is 6.07 Å². The Morgan fingerprint density at radius 1 is 1.21 bits per heavy atom. The summed E-state index contributed by atoms with van der Waals surface area (Å²) in [5.74, 6) is 2.63. The van der Waals surface area contributed by atoms with Crippen LogP contribution in [0.4, 0.5) is 5.82 Å². The van der Waals surface area contributed by atoms with Gasteiger partial charge in [-0.25, -0.2) is 15.0 Å². The first-order valence-electron chi connectivity index (χ1n) is 10.5. The van der Waals surface area contributed by atoms with Crippen molar-refractivity contribution in [1.29, 1.82) is 0 Å². The summed E-state index contributed by atoms with van der Waals surface area (Å²) in [6.07, 6.45) is 3.02. The van der Waals surface area contributed by atoms with Crippen LogP contribution < -0.4 is 14.8 Å². The maximum atomic E-state index is 12.7. The number of carbonyl (C=O) groups excluding carboxylic acids is 1. The fourth-order valence-electron chi connectivity index (χ4n) is 3.91. The molecule has 170 valence electrons. The molecule has 1 aromatic carbocycles. The van der Waals surface area contributed by atoms with Gasteiger partial charge in [0.05, 0.1) is 36.2 Å². The minimum absolute atomic E-state index is 0.0260. The van der Waals surface area contributed by atoms with Crippen molar-refractivity contribution in [2.75, 3.05) is 18.2 Å². The fourth-order valence-corrected chi connectivity index (χ4v) is 5.09. The molecule has 0 fully saturated rings. The van der Waals surface area contributed by atoms with Crippen LogP contribution in [0.15, 0.2) is 30.9 Å². The molecule has 0 unspecified atom stereocenters. The van der Waals surface area contributed by atoms with E-state index in [1.165, 1.54) is 6.33 Å². The summed E-state index contributed by atoms with van der Waals surface area (Å²) in [5.41, 5.74) is 3.86. The first kappa shape index (κ1) is 21.3. The normalized spacial score (nSPS) is 15.9. The summed E-state index contributed by atoms with van der Waals surface area (Å²) in [4.78, 5) is 28.5. The smallest absolute Gasteiger partial charge is 0.235 e. The van der Waals surface area contributed by atoms with Gasteiger partial charge in [0.15, 0.2) is 23.0 Å². The van der Waals surface area contributed by atoms with E-state index in [-0.39, 0.29) is 17.3 Å². The standard InChI is InChI=1S/C22H23N7O3S/c1-11(2)32-14-6-5-13(7-15(14)31-4)19-17-12(3)28-29(21(17)27-16(30)8-33-19)22-18-20(24-9-23-18)25-10-26-22/h5-7,9-11,19H,8H2,1-4H3,(H,27,30)(H,23,24,25,26)/t19-/m1/s1. The Bertz CT molecular complexity index is 1350. The monoisotopic (exact) mass is 465 g/mol. The summed E-state index contributed by atoms with van der Waals surface area (Å²) in [7, 11) is 1.62. The number of aromatic amines is 1. The topological polar surface area (TPSA) is 120 Å². The quantitative estimate of drug-likeness (QED) is 0.460. The highest BCUT2D eigenvalue weighted by Crippen LogP contribution is 2.45. The number of benzene rings is 1. The number of imidazole rings is 1. The summed E-state index contributed by atoms with van der Waals surface area (Å²) < 4.78 is 13.1. The number of thioether (sulfide) groups is 1. The molecule has 0 bridgehead atoms. The highest BCUT2D eigenvalue weighted by molar-refractivity contribution is 8.00. The van der Waals surface area contributed by atoms with E-state index in [0.717, 1.165) is 16.8 Å². The van der Waals surface area contributed by atoms with Crippen LogP contribution in [0.3, 0.4) is 0 Å². The lowest BCUT2D eigenvalue weighted by Gasteiger charge is -2.19. The van der Waals surface area contributed by atoms with Gasteiger partial charge in [0, 0.05) is 5.56 Å². The second-order valence-corrected chi connectivity index (χ2v) is 8.97. The van der Waals surface area contributed by atoms with Crippen LogP contribution in [0.25, 0.3) is 17.0 Å². The molecule has 4 heterocycles. The van der Waals surface area contributed by atoms with E-state index in [0.29, 0.717) is 40.1 Å². The molecule has 0 aliphatic carbocycles. The molecular weight excluding hydrogens is 442 g/mol. The number of aromatic nitrogens is 6. The van der Waals surface area contributed by atoms with Gasteiger partial charge >= 0.3 is 0 Å². The Balaban J connectivity index is 1.65. The molecule has 0 saturated carbocycles. The molecule has 10 nitrogen and oxygen atoms in total. The van der Waals surface area contributed by atoms with Gasteiger partial charge in [0.1, 0.15) is 17.7 Å². The molecule has 1 aliphatic heterocycles. The number of aryl methyl sites for hydroxylation is 1. The zero-order chi connectivity index (χ0) is 23.1.